The minimum Gasteiger partial charge on any atom is -0.492 e. The first-order chi connectivity index (χ1) is 10.3. The Balaban J connectivity index is 1.85. The second-order valence-electron chi connectivity index (χ2n) is 5.04. The van der Waals surface area contributed by atoms with Crippen molar-refractivity contribution in [3.63, 3.8) is 0 Å². The van der Waals surface area contributed by atoms with Crippen LogP contribution >= 0.6 is 0 Å². The van der Waals surface area contributed by atoms with Crippen molar-refractivity contribution < 1.29 is 19.0 Å². The number of hydrogen-bond donors (Lipinski definition) is 1. The summed E-state index contributed by atoms with van der Waals surface area (Å²) in [7, 11) is 0. The highest BCUT2D eigenvalue weighted by atomic mass is 19.1. The molecular formula is C17H21FO3. The molecule has 1 unspecified atom stereocenters. The van der Waals surface area contributed by atoms with Gasteiger partial charge < -0.3 is 14.6 Å². The van der Waals surface area contributed by atoms with Crippen molar-refractivity contribution in [1.82, 2.24) is 0 Å². The van der Waals surface area contributed by atoms with Crippen LogP contribution in [-0.4, -0.2) is 31.0 Å². The van der Waals surface area contributed by atoms with E-state index in [0.717, 1.165) is 32.3 Å². The summed E-state index contributed by atoms with van der Waals surface area (Å²) in [5, 5.41) is 8.73. The lowest BCUT2D eigenvalue weighted by Gasteiger charge is -2.11. The predicted octanol–water partition coefficient (Wildman–Crippen LogP) is 2.90. The van der Waals surface area contributed by atoms with E-state index < -0.39 is 0 Å². The summed E-state index contributed by atoms with van der Waals surface area (Å²) < 4.78 is 24.5. The van der Waals surface area contributed by atoms with Crippen LogP contribution in [0.15, 0.2) is 18.2 Å². The fourth-order valence-corrected chi connectivity index (χ4v) is 2.30. The van der Waals surface area contributed by atoms with E-state index in [2.05, 4.69) is 11.8 Å². The Morgan fingerprint density at radius 1 is 1.43 bits per heavy atom. The molecule has 0 saturated carbocycles. The molecule has 1 N–H and O–H groups in total. The number of ether oxygens (including phenoxy) is 2. The summed E-state index contributed by atoms with van der Waals surface area (Å²) in [6.07, 6.45) is 4.86. The zero-order valence-electron chi connectivity index (χ0n) is 12.1. The Morgan fingerprint density at radius 2 is 2.33 bits per heavy atom. The highest BCUT2D eigenvalue weighted by molar-refractivity contribution is 5.46. The third kappa shape index (κ3) is 5.37. The van der Waals surface area contributed by atoms with E-state index in [-0.39, 0.29) is 12.4 Å². The van der Waals surface area contributed by atoms with Gasteiger partial charge in [0.25, 0.3) is 0 Å². The molecule has 114 valence electrons. The lowest BCUT2D eigenvalue weighted by Crippen LogP contribution is -2.08. The first-order valence-electron chi connectivity index (χ1n) is 7.43. The molecule has 1 saturated heterocycles. The maximum absolute atomic E-state index is 13.3. The molecule has 0 bridgehead atoms. The third-order valence-corrected chi connectivity index (χ3v) is 3.36. The molecule has 21 heavy (non-hydrogen) atoms. The number of rotatable bonds is 6. The van der Waals surface area contributed by atoms with E-state index in [1.807, 2.05) is 0 Å². The fraction of sp³-hybridized carbons (Fsp3) is 0.529. The van der Waals surface area contributed by atoms with Crippen molar-refractivity contribution in [3.05, 3.63) is 29.6 Å². The molecule has 1 aromatic rings. The minimum atomic E-state index is -0.336. The Hall–Kier alpha value is -1.57. The van der Waals surface area contributed by atoms with Crippen molar-refractivity contribution in [1.29, 1.82) is 0 Å². The topological polar surface area (TPSA) is 38.7 Å². The molecule has 1 aliphatic rings. The molecule has 2 rings (SSSR count). The first kappa shape index (κ1) is 15.8. The standard InChI is InChI=1S/C17H21FO3/c18-15-9-8-14(5-1-2-10-19)17(13-15)21-12-4-7-16-6-3-11-20-16/h8-9,13,16,19H,2-4,6-7,10-12H2. The Kier molecular flexibility index (Phi) is 6.52. The molecule has 0 amide bonds. The summed E-state index contributed by atoms with van der Waals surface area (Å²) >= 11 is 0. The van der Waals surface area contributed by atoms with E-state index in [4.69, 9.17) is 14.6 Å². The Labute approximate surface area is 125 Å². The second-order valence-corrected chi connectivity index (χ2v) is 5.04. The van der Waals surface area contributed by atoms with Crippen LogP contribution < -0.4 is 4.74 Å². The van der Waals surface area contributed by atoms with Crippen LogP contribution in [-0.2, 0) is 4.74 Å². The van der Waals surface area contributed by atoms with Gasteiger partial charge in [-0.15, -0.1) is 0 Å². The number of benzene rings is 1. The van der Waals surface area contributed by atoms with Crippen LogP contribution in [0.25, 0.3) is 0 Å². The van der Waals surface area contributed by atoms with Crippen LogP contribution in [0.1, 0.15) is 37.7 Å². The molecule has 0 aliphatic carbocycles. The molecule has 1 atom stereocenters. The number of aliphatic hydroxyl groups is 1. The maximum atomic E-state index is 13.3. The highest BCUT2D eigenvalue weighted by Gasteiger charge is 2.14. The third-order valence-electron chi connectivity index (χ3n) is 3.36. The second kappa shape index (κ2) is 8.66. The van der Waals surface area contributed by atoms with Crippen LogP contribution in [0.4, 0.5) is 4.39 Å². The van der Waals surface area contributed by atoms with Crippen molar-refractivity contribution in [2.24, 2.45) is 0 Å². The van der Waals surface area contributed by atoms with Gasteiger partial charge in [0, 0.05) is 19.1 Å². The van der Waals surface area contributed by atoms with Gasteiger partial charge in [0.2, 0.25) is 0 Å². The van der Waals surface area contributed by atoms with Crippen LogP contribution in [0, 0.1) is 17.7 Å². The van der Waals surface area contributed by atoms with Crippen molar-refractivity contribution in [2.45, 2.75) is 38.2 Å². The first-order valence-corrected chi connectivity index (χ1v) is 7.43. The highest BCUT2D eigenvalue weighted by Crippen LogP contribution is 2.21. The quantitative estimate of drug-likeness (QED) is 0.647. The maximum Gasteiger partial charge on any atom is 0.137 e. The largest absolute Gasteiger partial charge is 0.492 e. The normalized spacial score (nSPS) is 17.3. The number of aliphatic hydroxyl groups excluding tert-OH is 1. The lowest BCUT2D eigenvalue weighted by atomic mass is 10.1. The SMILES string of the molecule is OCCC#Cc1ccc(F)cc1OCCCC1CCCO1. The molecule has 0 spiro atoms. The molecule has 3 nitrogen and oxygen atoms in total. The summed E-state index contributed by atoms with van der Waals surface area (Å²) in [5.74, 6) is 5.85. The summed E-state index contributed by atoms with van der Waals surface area (Å²) in [6, 6.07) is 4.33. The van der Waals surface area contributed by atoms with E-state index >= 15 is 0 Å². The van der Waals surface area contributed by atoms with Crippen LogP contribution in [0.2, 0.25) is 0 Å². The summed E-state index contributed by atoms with van der Waals surface area (Å²) in [5.41, 5.74) is 0.655. The monoisotopic (exact) mass is 292 g/mol. The van der Waals surface area contributed by atoms with E-state index in [9.17, 15) is 4.39 Å². The van der Waals surface area contributed by atoms with Gasteiger partial charge in [-0.1, -0.05) is 11.8 Å². The predicted molar refractivity (Wildman–Crippen MR) is 78.7 cm³/mol. The summed E-state index contributed by atoms with van der Waals surface area (Å²) in [6.45, 7) is 1.41. The molecule has 1 heterocycles. The zero-order valence-corrected chi connectivity index (χ0v) is 12.1. The van der Waals surface area contributed by atoms with Gasteiger partial charge in [-0.25, -0.2) is 4.39 Å². The minimum absolute atomic E-state index is 0.0196. The molecule has 4 heteroatoms. The van der Waals surface area contributed by atoms with Crippen molar-refractivity contribution in [3.8, 4) is 17.6 Å². The molecule has 1 aliphatic heterocycles. The molecule has 1 aromatic carbocycles. The van der Waals surface area contributed by atoms with Gasteiger partial charge in [-0.3, -0.25) is 0 Å². The van der Waals surface area contributed by atoms with E-state index in [1.165, 1.54) is 12.1 Å². The average Bonchev–Trinajstić information content (AvgIpc) is 2.99. The fourth-order valence-electron chi connectivity index (χ4n) is 2.30. The van der Waals surface area contributed by atoms with E-state index in [1.54, 1.807) is 6.07 Å². The van der Waals surface area contributed by atoms with Gasteiger partial charge in [0.1, 0.15) is 11.6 Å². The van der Waals surface area contributed by atoms with Gasteiger partial charge >= 0.3 is 0 Å². The van der Waals surface area contributed by atoms with Gasteiger partial charge in [-0.2, -0.15) is 0 Å². The Morgan fingerprint density at radius 3 is 3.10 bits per heavy atom. The van der Waals surface area contributed by atoms with Crippen molar-refractivity contribution >= 4 is 0 Å². The van der Waals surface area contributed by atoms with Crippen LogP contribution in [0.3, 0.4) is 0 Å². The zero-order chi connectivity index (χ0) is 14.9. The molecule has 0 radical (unpaired) electrons. The van der Waals surface area contributed by atoms with Gasteiger partial charge in [-0.05, 0) is 37.8 Å². The Bertz CT molecular complexity index is 498. The van der Waals surface area contributed by atoms with Crippen molar-refractivity contribution in [2.75, 3.05) is 19.8 Å². The summed E-state index contributed by atoms with van der Waals surface area (Å²) in [4.78, 5) is 0. The van der Waals surface area contributed by atoms with E-state index in [0.29, 0.717) is 30.4 Å². The number of halogens is 1. The number of hydrogen-bond acceptors (Lipinski definition) is 3. The van der Waals surface area contributed by atoms with Gasteiger partial charge in [0.05, 0.1) is 24.9 Å². The van der Waals surface area contributed by atoms with Crippen LogP contribution in [0.5, 0.6) is 5.75 Å². The molecule has 0 aromatic heterocycles. The molecule has 1 fully saturated rings. The lowest BCUT2D eigenvalue weighted by molar-refractivity contribution is 0.0981. The molecular weight excluding hydrogens is 271 g/mol. The average molecular weight is 292 g/mol. The van der Waals surface area contributed by atoms with Gasteiger partial charge in [0.15, 0.2) is 0 Å². The smallest absolute Gasteiger partial charge is 0.137 e.